The highest BCUT2D eigenvalue weighted by atomic mass is 16.5. The zero-order chi connectivity index (χ0) is 18.9. The lowest BCUT2D eigenvalue weighted by Crippen LogP contribution is -2.31. The monoisotopic (exact) mass is 356 g/mol. The van der Waals surface area contributed by atoms with Crippen LogP contribution in [-0.2, 0) is 16.1 Å². The predicted octanol–water partition coefficient (Wildman–Crippen LogP) is 3.08. The number of hydrogen-bond acceptors (Lipinski definition) is 4. The highest BCUT2D eigenvalue weighted by Crippen LogP contribution is 2.29. The minimum absolute atomic E-state index is 0.0623. The standard InChI is InChI=1S/C20H24N2O4/c1-15(23)22(14-16-7-5-4-6-8-16)12-11-20(24)21-17-9-10-18(25-2)19(13-17)26-3/h4-10,13H,11-12,14H2,1-3H3,(H,21,24). The maximum Gasteiger partial charge on any atom is 0.226 e. The molecule has 2 aromatic carbocycles. The topological polar surface area (TPSA) is 67.9 Å². The van der Waals surface area contributed by atoms with E-state index < -0.39 is 0 Å². The van der Waals surface area contributed by atoms with E-state index in [4.69, 9.17) is 9.47 Å². The second kappa shape index (κ2) is 9.46. The molecule has 0 aliphatic heterocycles. The van der Waals surface area contributed by atoms with Crippen molar-refractivity contribution >= 4 is 17.5 Å². The average molecular weight is 356 g/mol. The van der Waals surface area contributed by atoms with Gasteiger partial charge in [-0.25, -0.2) is 0 Å². The molecule has 2 rings (SSSR count). The van der Waals surface area contributed by atoms with Crippen molar-refractivity contribution < 1.29 is 19.1 Å². The molecule has 0 saturated heterocycles. The van der Waals surface area contributed by atoms with Gasteiger partial charge in [-0.15, -0.1) is 0 Å². The molecule has 0 aliphatic carbocycles. The van der Waals surface area contributed by atoms with Crippen LogP contribution in [0.2, 0.25) is 0 Å². The van der Waals surface area contributed by atoms with Gasteiger partial charge >= 0.3 is 0 Å². The Bertz CT molecular complexity index is 747. The van der Waals surface area contributed by atoms with Crippen LogP contribution in [0.4, 0.5) is 5.69 Å². The first-order valence-electron chi connectivity index (χ1n) is 8.34. The van der Waals surface area contributed by atoms with Gasteiger partial charge in [0.15, 0.2) is 11.5 Å². The normalized spacial score (nSPS) is 10.1. The third-order valence-corrected chi connectivity index (χ3v) is 3.94. The maximum atomic E-state index is 12.2. The van der Waals surface area contributed by atoms with Crippen LogP contribution < -0.4 is 14.8 Å². The summed E-state index contributed by atoms with van der Waals surface area (Å²) >= 11 is 0. The maximum absolute atomic E-state index is 12.2. The van der Waals surface area contributed by atoms with E-state index in [1.54, 1.807) is 30.2 Å². The van der Waals surface area contributed by atoms with Crippen molar-refractivity contribution in [2.75, 3.05) is 26.1 Å². The molecule has 6 heteroatoms. The summed E-state index contributed by atoms with van der Waals surface area (Å²) < 4.78 is 10.4. The van der Waals surface area contributed by atoms with Crippen molar-refractivity contribution in [2.45, 2.75) is 19.9 Å². The van der Waals surface area contributed by atoms with Crippen LogP contribution in [0.3, 0.4) is 0 Å². The molecule has 0 aliphatic rings. The van der Waals surface area contributed by atoms with Gasteiger partial charge in [0.2, 0.25) is 11.8 Å². The molecule has 0 unspecified atom stereocenters. The van der Waals surface area contributed by atoms with Crippen molar-refractivity contribution in [1.29, 1.82) is 0 Å². The first-order chi connectivity index (χ1) is 12.5. The Labute approximate surface area is 153 Å². The zero-order valence-electron chi connectivity index (χ0n) is 15.3. The number of benzene rings is 2. The Morgan fingerprint density at radius 3 is 2.31 bits per heavy atom. The van der Waals surface area contributed by atoms with Crippen molar-refractivity contribution in [3.63, 3.8) is 0 Å². The SMILES string of the molecule is COc1ccc(NC(=O)CCN(Cc2ccccc2)C(C)=O)cc1OC. The minimum atomic E-state index is -0.170. The van der Waals surface area contributed by atoms with Crippen LogP contribution in [0.25, 0.3) is 0 Å². The van der Waals surface area contributed by atoms with Gasteiger partial charge in [0.05, 0.1) is 14.2 Å². The van der Waals surface area contributed by atoms with E-state index >= 15 is 0 Å². The first kappa shape index (κ1) is 19.3. The third kappa shape index (κ3) is 5.51. The van der Waals surface area contributed by atoms with Crippen molar-refractivity contribution in [3.05, 3.63) is 54.1 Å². The largest absolute Gasteiger partial charge is 0.493 e. The van der Waals surface area contributed by atoms with Gasteiger partial charge in [-0.2, -0.15) is 0 Å². The summed E-state index contributed by atoms with van der Waals surface area (Å²) in [5, 5.41) is 2.81. The Balaban J connectivity index is 1.93. The van der Waals surface area contributed by atoms with E-state index in [1.807, 2.05) is 30.3 Å². The number of nitrogens with zero attached hydrogens (tertiary/aromatic N) is 1. The Kier molecular flexibility index (Phi) is 7.02. The van der Waals surface area contributed by atoms with E-state index in [-0.39, 0.29) is 18.2 Å². The summed E-state index contributed by atoms with van der Waals surface area (Å²) in [6.07, 6.45) is 0.209. The summed E-state index contributed by atoms with van der Waals surface area (Å²) in [6.45, 7) is 2.35. The molecule has 6 nitrogen and oxygen atoms in total. The van der Waals surface area contributed by atoms with Gasteiger partial charge in [0.25, 0.3) is 0 Å². The molecule has 1 N–H and O–H groups in total. The molecular formula is C20H24N2O4. The molecule has 138 valence electrons. The number of methoxy groups -OCH3 is 2. The molecule has 0 saturated carbocycles. The van der Waals surface area contributed by atoms with Gasteiger partial charge in [0.1, 0.15) is 0 Å². The molecule has 2 aromatic rings. The molecule has 0 aromatic heterocycles. The molecule has 26 heavy (non-hydrogen) atoms. The average Bonchev–Trinajstić information content (AvgIpc) is 2.65. The van der Waals surface area contributed by atoms with Gasteiger partial charge in [-0.05, 0) is 17.7 Å². The smallest absolute Gasteiger partial charge is 0.226 e. The number of nitrogens with one attached hydrogen (secondary N) is 1. The minimum Gasteiger partial charge on any atom is -0.493 e. The molecule has 0 fully saturated rings. The quantitative estimate of drug-likeness (QED) is 0.789. The highest BCUT2D eigenvalue weighted by molar-refractivity contribution is 5.91. The fourth-order valence-corrected chi connectivity index (χ4v) is 2.53. The summed E-state index contributed by atoms with van der Waals surface area (Å²) in [5.74, 6) is 0.903. The Morgan fingerprint density at radius 1 is 1.00 bits per heavy atom. The van der Waals surface area contributed by atoms with Crippen molar-refractivity contribution in [3.8, 4) is 11.5 Å². The van der Waals surface area contributed by atoms with E-state index in [0.29, 0.717) is 30.3 Å². The number of carbonyl (C=O) groups is 2. The van der Waals surface area contributed by atoms with E-state index in [0.717, 1.165) is 5.56 Å². The second-order valence-electron chi connectivity index (χ2n) is 5.79. The van der Waals surface area contributed by atoms with Crippen LogP contribution in [0, 0.1) is 0 Å². The fraction of sp³-hybridized carbons (Fsp3) is 0.300. The number of hydrogen-bond donors (Lipinski definition) is 1. The molecule has 2 amide bonds. The number of anilines is 1. The molecule has 0 radical (unpaired) electrons. The van der Waals surface area contributed by atoms with E-state index in [1.165, 1.54) is 14.0 Å². The Hall–Kier alpha value is -3.02. The Morgan fingerprint density at radius 2 is 1.69 bits per heavy atom. The van der Waals surface area contributed by atoms with Gasteiger partial charge < -0.3 is 19.7 Å². The molecule has 0 heterocycles. The number of rotatable bonds is 8. The highest BCUT2D eigenvalue weighted by Gasteiger charge is 2.13. The first-order valence-corrected chi connectivity index (χ1v) is 8.34. The molecule has 0 spiro atoms. The second-order valence-corrected chi connectivity index (χ2v) is 5.79. The summed E-state index contributed by atoms with van der Waals surface area (Å²) in [4.78, 5) is 25.7. The van der Waals surface area contributed by atoms with E-state index in [9.17, 15) is 9.59 Å². The molecular weight excluding hydrogens is 332 g/mol. The number of ether oxygens (including phenoxy) is 2. The van der Waals surface area contributed by atoms with Crippen molar-refractivity contribution in [2.24, 2.45) is 0 Å². The fourth-order valence-electron chi connectivity index (χ4n) is 2.53. The van der Waals surface area contributed by atoms with Crippen LogP contribution in [0.15, 0.2) is 48.5 Å². The lowest BCUT2D eigenvalue weighted by Gasteiger charge is -2.21. The number of amides is 2. The predicted molar refractivity (Wildman–Crippen MR) is 100 cm³/mol. The van der Waals surface area contributed by atoms with Crippen LogP contribution in [-0.4, -0.2) is 37.5 Å². The van der Waals surface area contributed by atoms with Gasteiger partial charge in [-0.1, -0.05) is 30.3 Å². The summed E-state index contributed by atoms with van der Waals surface area (Å²) in [5.41, 5.74) is 1.65. The lowest BCUT2D eigenvalue weighted by atomic mass is 10.2. The van der Waals surface area contributed by atoms with Gasteiger partial charge in [0, 0.05) is 38.2 Å². The lowest BCUT2D eigenvalue weighted by molar-refractivity contribution is -0.129. The summed E-state index contributed by atoms with van der Waals surface area (Å²) in [7, 11) is 3.09. The molecule has 0 atom stereocenters. The van der Waals surface area contributed by atoms with Crippen LogP contribution in [0.1, 0.15) is 18.9 Å². The van der Waals surface area contributed by atoms with Crippen molar-refractivity contribution in [1.82, 2.24) is 4.90 Å². The van der Waals surface area contributed by atoms with E-state index in [2.05, 4.69) is 5.32 Å². The summed E-state index contributed by atoms with van der Waals surface area (Å²) in [6, 6.07) is 14.9. The number of carbonyl (C=O) groups excluding carboxylic acids is 2. The van der Waals surface area contributed by atoms with Crippen LogP contribution in [0.5, 0.6) is 11.5 Å². The molecule has 0 bridgehead atoms. The third-order valence-electron chi connectivity index (χ3n) is 3.94. The van der Waals surface area contributed by atoms with Crippen LogP contribution >= 0.6 is 0 Å². The van der Waals surface area contributed by atoms with Gasteiger partial charge in [-0.3, -0.25) is 9.59 Å². The zero-order valence-corrected chi connectivity index (χ0v) is 15.3.